The molecule has 0 spiro atoms. The number of fused-ring (bicyclic) bond motifs is 5. The molecule has 3 fully saturated rings. The van der Waals surface area contributed by atoms with Crippen LogP contribution in [0.15, 0.2) is 48.0 Å². The van der Waals surface area contributed by atoms with E-state index in [4.69, 9.17) is 43.6 Å². The highest BCUT2D eigenvalue weighted by Gasteiger charge is 2.52. The largest absolute Gasteiger partial charge is 0.497 e. The van der Waals surface area contributed by atoms with Gasteiger partial charge in [-0.05, 0) is 17.7 Å². The number of benzene rings is 1. The van der Waals surface area contributed by atoms with Crippen molar-refractivity contribution in [1.29, 1.82) is 0 Å². The van der Waals surface area contributed by atoms with Crippen LogP contribution < -0.4 is 26.5 Å². The van der Waals surface area contributed by atoms with Crippen molar-refractivity contribution in [1.82, 2.24) is 43.8 Å². The molecular weight excluding hydrogens is 745 g/mol. The van der Waals surface area contributed by atoms with Crippen molar-refractivity contribution in [3.63, 3.8) is 0 Å². The number of aromatic nitrogens is 8. The lowest BCUT2D eigenvalue weighted by atomic mass is 10.1. The molecule has 7 N–H and O–H groups in total. The summed E-state index contributed by atoms with van der Waals surface area (Å²) in [7, 11) is -8.08. The number of methoxy groups -OCH3 is 1. The molecule has 25 heteroatoms. The Morgan fingerprint density at radius 3 is 2.58 bits per heavy atom. The van der Waals surface area contributed by atoms with E-state index in [1.165, 1.54) is 35.2 Å². The molecule has 5 aromatic rings. The van der Waals surface area contributed by atoms with Gasteiger partial charge in [-0.2, -0.15) is 18.1 Å². The van der Waals surface area contributed by atoms with E-state index in [1.54, 1.807) is 24.3 Å². The molecule has 2 bridgehead atoms. The van der Waals surface area contributed by atoms with E-state index < -0.39 is 79.8 Å². The van der Waals surface area contributed by atoms with Crippen LogP contribution >= 0.6 is 7.82 Å². The summed E-state index contributed by atoms with van der Waals surface area (Å²) in [4.78, 5) is 46.5. The number of hydrogen-bond donors (Lipinski definition) is 5. The molecule has 1 aromatic carbocycles. The van der Waals surface area contributed by atoms with Gasteiger partial charge in [0, 0.05) is 13.0 Å². The molecule has 8 rings (SSSR count). The SMILES string of the molecule is COc1ccc(COC2[C@H]3OS(=O)(=O)NC[C@H]4OC(n5cnc6c(N)ncnc65)C[C@@H]4OP(=O)(O)OC[C@H]2O[C@H]3n2cnc3c(=O)[nH]c(N)nc32)cc1. The summed E-state index contributed by atoms with van der Waals surface area (Å²) in [5, 5.41) is 0. The van der Waals surface area contributed by atoms with E-state index in [1.807, 2.05) is 0 Å². The first-order chi connectivity index (χ1) is 25.4. The number of nitrogens with two attached hydrogens (primary N) is 2. The number of nitrogen functional groups attached to an aromatic ring is 2. The number of H-pyrrole nitrogens is 1. The fraction of sp³-hybridized carbons (Fsp3) is 0.429. The molecule has 0 amide bonds. The van der Waals surface area contributed by atoms with Crippen molar-refractivity contribution in [2.24, 2.45) is 0 Å². The summed E-state index contributed by atoms with van der Waals surface area (Å²) in [6.45, 7) is -1.21. The summed E-state index contributed by atoms with van der Waals surface area (Å²) < 4.78 is 86.7. The van der Waals surface area contributed by atoms with Crippen LogP contribution in [0.1, 0.15) is 24.4 Å². The number of nitrogens with zero attached hydrogens (tertiary/aromatic N) is 7. The molecule has 0 radical (unpaired) electrons. The highest BCUT2D eigenvalue weighted by molar-refractivity contribution is 7.84. The molecule has 3 aliphatic heterocycles. The van der Waals surface area contributed by atoms with E-state index in [-0.39, 0.29) is 36.0 Å². The van der Waals surface area contributed by atoms with Gasteiger partial charge in [0.1, 0.15) is 48.2 Å². The number of anilines is 2. The van der Waals surface area contributed by atoms with Gasteiger partial charge in [0.25, 0.3) is 5.56 Å². The lowest BCUT2D eigenvalue weighted by Crippen LogP contribution is -2.43. The monoisotopic (exact) mass is 777 g/mol. The van der Waals surface area contributed by atoms with Crippen LogP contribution in [0.2, 0.25) is 0 Å². The topological polar surface area (TPSA) is 307 Å². The molecule has 4 aromatic heterocycles. The van der Waals surface area contributed by atoms with Gasteiger partial charge in [-0.1, -0.05) is 12.1 Å². The van der Waals surface area contributed by atoms with Crippen molar-refractivity contribution in [2.75, 3.05) is 31.7 Å². The number of phosphoric ester groups is 1. The van der Waals surface area contributed by atoms with Gasteiger partial charge < -0.3 is 35.3 Å². The second-order valence-electron chi connectivity index (χ2n) is 12.2. The zero-order valence-corrected chi connectivity index (χ0v) is 29.2. The lowest BCUT2D eigenvalue weighted by Gasteiger charge is -2.25. The van der Waals surface area contributed by atoms with Crippen LogP contribution in [0.4, 0.5) is 11.8 Å². The lowest BCUT2D eigenvalue weighted by molar-refractivity contribution is -0.0668. The molecule has 0 saturated carbocycles. The highest BCUT2D eigenvalue weighted by Crippen LogP contribution is 2.50. The van der Waals surface area contributed by atoms with Crippen LogP contribution in [0.5, 0.6) is 5.75 Å². The van der Waals surface area contributed by atoms with Crippen LogP contribution in [-0.4, -0.2) is 103 Å². The first kappa shape index (κ1) is 35.4. The number of rotatable bonds is 6. The number of ether oxygens (including phenoxy) is 4. The van der Waals surface area contributed by atoms with Gasteiger partial charge >= 0.3 is 18.1 Å². The summed E-state index contributed by atoms with van der Waals surface area (Å²) in [5.41, 5.74) is 12.2. The third-order valence-electron chi connectivity index (χ3n) is 8.86. The third kappa shape index (κ3) is 6.96. The van der Waals surface area contributed by atoms with Gasteiger partial charge in [-0.15, -0.1) is 0 Å². The van der Waals surface area contributed by atoms with Crippen molar-refractivity contribution in [2.45, 2.75) is 56.0 Å². The minimum absolute atomic E-state index is 0.0439. The van der Waals surface area contributed by atoms with Crippen molar-refractivity contribution >= 4 is 52.2 Å². The van der Waals surface area contributed by atoms with Gasteiger partial charge in [-0.3, -0.25) is 28.0 Å². The van der Waals surface area contributed by atoms with Crippen LogP contribution in [-0.2, 0) is 48.9 Å². The van der Waals surface area contributed by atoms with E-state index in [0.717, 1.165) is 0 Å². The second kappa shape index (κ2) is 13.7. The fourth-order valence-corrected chi connectivity index (χ4v) is 8.29. The summed E-state index contributed by atoms with van der Waals surface area (Å²) in [5.74, 6) is 0.475. The Hall–Kier alpha value is -4.62. The van der Waals surface area contributed by atoms with Crippen molar-refractivity contribution < 1.29 is 50.1 Å². The number of nitrogens with one attached hydrogen (secondary N) is 2. The Morgan fingerprint density at radius 2 is 1.79 bits per heavy atom. The molecule has 53 heavy (non-hydrogen) atoms. The Morgan fingerprint density at radius 1 is 1.02 bits per heavy atom. The second-order valence-corrected chi connectivity index (χ2v) is 15.0. The van der Waals surface area contributed by atoms with E-state index in [0.29, 0.717) is 22.5 Å². The number of phosphoric acid groups is 1. The van der Waals surface area contributed by atoms with Gasteiger partial charge in [0.15, 0.2) is 35.0 Å². The Bertz CT molecular complexity index is 2370. The Balaban J connectivity index is 1.13. The molecule has 8 atom stereocenters. The van der Waals surface area contributed by atoms with Crippen LogP contribution in [0.25, 0.3) is 22.3 Å². The molecule has 3 unspecified atom stereocenters. The quantitative estimate of drug-likeness (QED) is 0.137. The van der Waals surface area contributed by atoms with E-state index in [9.17, 15) is 22.7 Å². The molecule has 23 nitrogen and oxygen atoms in total. The van der Waals surface area contributed by atoms with Crippen LogP contribution in [0.3, 0.4) is 0 Å². The molecule has 3 aliphatic rings. The van der Waals surface area contributed by atoms with E-state index >= 15 is 0 Å². The number of aromatic amines is 1. The van der Waals surface area contributed by atoms with Gasteiger partial charge in [-0.25, -0.2) is 28.7 Å². The molecule has 7 heterocycles. The first-order valence-corrected chi connectivity index (χ1v) is 18.8. The average Bonchev–Trinajstić information content (AvgIpc) is 3.90. The maximum atomic E-state index is 13.7. The molecule has 3 saturated heterocycles. The Kier molecular flexibility index (Phi) is 9.13. The number of hydrogen-bond acceptors (Lipinski definition) is 18. The van der Waals surface area contributed by atoms with Gasteiger partial charge in [0.05, 0.1) is 33.0 Å². The average molecular weight is 778 g/mol. The maximum Gasteiger partial charge on any atom is 0.472 e. The van der Waals surface area contributed by atoms with Crippen molar-refractivity contribution in [3.05, 3.63) is 59.2 Å². The molecule has 0 aliphatic carbocycles. The first-order valence-electron chi connectivity index (χ1n) is 15.9. The zero-order chi connectivity index (χ0) is 37.1. The summed E-state index contributed by atoms with van der Waals surface area (Å²) in [6, 6.07) is 6.87. The van der Waals surface area contributed by atoms with Crippen LogP contribution in [0, 0.1) is 0 Å². The smallest absolute Gasteiger partial charge is 0.472 e. The molecule has 282 valence electrons. The predicted octanol–water partition coefficient (Wildman–Crippen LogP) is -0.362. The zero-order valence-electron chi connectivity index (χ0n) is 27.5. The minimum atomic E-state index is -4.90. The third-order valence-corrected chi connectivity index (χ3v) is 10.9. The van der Waals surface area contributed by atoms with E-state index in [2.05, 4.69) is 34.6 Å². The normalized spacial score (nSPS) is 30.4. The summed E-state index contributed by atoms with van der Waals surface area (Å²) in [6.07, 6.45) is -4.85. The highest BCUT2D eigenvalue weighted by atomic mass is 32.2. The standard InChI is InChI=1S/C28H32N11O12PS/c1-45-14-4-2-13(3-5-14)8-46-21-17-9-47-52(41,42)50-15-6-18(38-11-33-19-23(29)31-10-32-24(19)38)48-16(15)7-35-53(43,44)51-22(21)27(49-17)39-12-34-20-25(39)36-28(30)37-26(20)40/h2-5,10-12,15-18,21-22,27,35H,6-9H2,1H3,(H,41,42)(H2,29,31,32)(H3,30,36,37,40)/t15-,16+,17+,18?,21?,22+,27+/m0/s1. The summed E-state index contributed by atoms with van der Waals surface area (Å²) >= 11 is 0. The van der Waals surface area contributed by atoms with Crippen molar-refractivity contribution in [3.8, 4) is 5.75 Å². The minimum Gasteiger partial charge on any atom is -0.497 e. The maximum absolute atomic E-state index is 13.7. The predicted molar refractivity (Wildman–Crippen MR) is 179 cm³/mol. The Labute approximate surface area is 298 Å². The fourth-order valence-electron chi connectivity index (χ4n) is 6.39. The number of imidazole rings is 2. The molecular formula is C28H32N11O12PS. The van der Waals surface area contributed by atoms with Gasteiger partial charge in [0.2, 0.25) is 5.95 Å².